The van der Waals surface area contributed by atoms with Gasteiger partial charge in [0.15, 0.2) is 0 Å². The third kappa shape index (κ3) is 2.57. The molecule has 0 spiro atoms. The summed E-state index contributed by atoms with van der Waals surface area (Å²) in [4.78, 5) is 26.2. The summed E-state index contributed by atoms with van der Waals surface area (Å²) >= 11 is 9.27. The Balaban J connectivity index is 1.91. The second-order valence-electron chi connectivity index (χ2n) is 5.78. The largest absolute Gasteiger partial charge is 0.368 e. The number of rotatable bonds is 2. The summed E-state index contributed by atoms with van der Waals surface area (Å²) in [6, 6.07) is 4.56. The lowest BCUT2D eigenvalue weighted by molar-refractivity contribution is -0.122. The van der Waals surface area contributed by atoms with E-state index in [1.165, 1.54) is 0 Å². The summed E-state index contributed by atoms with van der Waals surface area (Å²) in [6.45, 7) is 0.617. The Bertz CT molecular complexity index is 607. The highest BCUT2D eigenvalue weighted by molar-refractivity contribution is 9.10. The maximum atomic E-state index is 12.8. The van der Waals surface area contributed by atoms with E-state index in [4.69, 9.17) is 17.3 Å². The van der Waals surface area contributed by atoms with Gasteiger partial charge in [-0.15, -0.1) is 0 Å². The molecule has 2 fully saturated rings. The molecule has 1 aliphatic carbocycles. The number of nitrogens with zero attached hydrogens (tertiary/aromatic N) is 1. The number of amides is 2. The van der Waals surface area contributed by atoms with Gasteiger partial charge in [0.25, 0.3) is 5.91 Å². The molecular formula is C15H16BrClN2O2. The number of carbonyl (C=O) groups is 2. The molecule has 112 valence electrons. The van der Waals surface area contributed by atoms with Crippen molar-refractivity contribution in [1.82, 2.24) is 4.90 Å². The number of benzene rings is 1. The molecule has 0 radical (unpaired) electrons. The predicted octanol–water partition coefficient (Wildman–Crippen LogP) is 2.83. The van der Waals surface area contributed by atoms with Gasteiger partial charge in [0.1, 0.15) is 6.04 Å². The number of hydrogen-bond acceptors (Lipinski definition) is 2. The highest BCUT2D eigenvalue weighted by Crippen LogP contribution is 2.42. The minimum atomic E-state index is -0.479. The lowest BCUT2D eigenvalue weighted by Gasteiger charge is -2.25. The molecule has 1 aliphatic heterocycles. The molecule has 4 nitrogen and oxygen atoms in total. The zero-order valence-corrected chi connectivity index (χ0v) is 13.7. The third-order valence-electron chi connectivity index (χ3n) is 4.60. The van der Waals surface area contributed by atoms with Crippen LogP contribution in [-0.4, -0.2) is 29.3 Å². The van der Waals surface area contributed by atoms with Gasteiger partial charge in [-0.05, 0) is 58.8 Å². The van der Waals surface area contributed by atoms with Gasteiger partial charge in [0, 0.05) is 16.0 Å². The number of primary amides is 1. The van der Waals surface area contributed by atoms with Crippen molar-refractivity contribution in [3.8, 4) is 0 Å². The van der Waals surface area contributed by atoms with E-state index in [1.54, 1.807) is 23.1 Å². The second-order valence-corrected chi connectivity index (χ2v) is 7.07. The normalized spacial score (nSPS) is 27.7. The molecule has 3 rings (SSSR count). The second kappa shape index (κ2) is 5.61. The van der Waals surface area contributed by atoms with Gasteiger partial charge in [-0.25, -0.2) is 0 Å². The molecule has 2 N–H and O–H groups in total. The first-order chi connectivity index (χ1) is 9.99. The van der Waals surface area contributed by atoms with Crippen molar-refractivity contribution < 1.29 is 9.59 Å². The van der Waals surface area contributed by atoms with Crippen LogP contribution in [0, 0.1) is 11.8 Å². The molecule has 3 atom stereocenters. The average Bonchev–Trinajstić information content (AvgIpc) is 2.96. The van der Waals surface area contributed by atoms with Gasteiger partial charge >= 0.3 is 0 Å². The lowest BCUT2D eigenvalue weighted by atomic mass is 9.93. The van der Waals surface area contributed by atoms with E-state index in [9.17, 15) is 9.59 Å². The average molecular weight is 372 g/mol. The Morgan fingerprint density at radius 1 is 1.33 bits per heavy atom. The monoisotopic (exact) mass is 370 g/mol. The molecule has 1 heterocycles. The van der Waals surface area contributed by atoms with Crippen molar-refractivity contribution in [2.75, 3.05) is 6.54 Å². The fraction of sp³-hybridized carbons (Fsp3) is 0.467. The maximum absolute atomic E-state index is 12.8. The molecule has 21 heavy (non-hydrogen) atoms. The van der Waals surface area contributed by atoms with Crippen LogP contribution in [0.3, 0.4) is 0 Å². The molecule has 1 saturated heterocycles. The van der Waals surface area contributed by atoms with Gasteiger partial charge in [-0.2, -0.15) is 0 Å². The quantitative estimate of drug-likeness (QED) is 0.869. The zero-order chi connectivity index (χ0) is 15.1. The van der Waals surface area contributed by atoms with Gasteiger partial charge in [0.2, 0.25) is 5.91 Å². The van der Waals surface area contributed by atoms with Gasteiger partial charge in [-0.3, -0.25) is 9.59 Å². The van der Waals surface area contributed by atoms with Gasteiger partial charge in [-0.1, -0.05) is 18.0 Å². The third-order valence-corrected chi connectivity index (χ3v) is 5.50. The molecule has 2 aliphatic rings. The molecular weight excluding hydrogens is 356 g/mol. The smallest absolute Gasteiger partial charge is 0.255 e. The van der Waals surface area contributed by atoms with E-state index in [0.29, 0.717) is 27.5 Å². The van der Waals surface area contributed by atoms with Gasteiger partial charge in [0.05, 0.1) is 5.56 Å². The summed E-state index contributed by atoms with van der Waals surface area (Å²) in [5.74, 6) is 0.0645. The standard InChI is InChI=1S/C15H16BrClN2O2/c16-12-6-9(17)4-5-11(12)15(21)19-7-8-2-1-3-10(8)13(19)14(18)20/h4-6,8,10,13H,1-3,7H2,(H2,18,20). The molecule has 1 aromatic carbocycles. The van der Waals surface area contributed by atoms with E-state index >= 15 is 0 Å². The number of halogens is 2. The van der Waals surface area contributed by atoms with Crippen molar-refractivity contribution in [3.05, 3.63) is 33.3 Å². The van der Waals surface area contributed by atoms with Crippen molar-refractivity contribution >= 4 is 39.3 Å². The van der Waals surface area contributed by atoms with Crippen molar-refractivity contribution in [2.45, 2.75) is 25.3 Å². The summed E-state index contributed by atoms with van der Waals surface area (Å²) in [5, 5.41) is 0.558. The first-order valence-electron chi connectivity index (χ1n) is 7.04. The molecule has 0 aromatic heterocycles. The van der Waals surface area contributed by atoms with Crippen molar-refractivity contribution in [3.63, 3.8) is 0 Å². The summed E-state index contributed by atoms with van der Waals surface area (Å²) in [7, 11) is 0. The van der Waals surface area contributed by atoms with E-state index in [-0.39, 0.29) is 11.8 Å². The van der Waals surface area contributed by atoms with E-state index < -0.39 is 11.9 Å². The lowest BCUT2D eigenvalue weighted by Crippen LogP contribution is -2.46. The summed E-state index contributed by atoms with van der Waals surface area (Å²) < 4.78 is 0.639. The Labute approximate surface area is 136 Å². The minimum Gasteiger partial charge on any atom is -0.368 e. The SMILES string of the molecule is NC(=O)C1C2CCCC2CN1C(=O)c1ccc(Cl)cc1Br. The maximum Gasteiger partial charge on any atom is 0.255 e. The van der Waals surface area contributed by atoms with E-state index in [2.05, 4.69) is 15.9 Å². The Hall–Kier alpha value is -1.07. The van der Waals surface area contributed by atoms with Crippen LogP contribution in [0.4, 0.5) is 0 Å². The van der Waals surface area contributed by atoms with Crippen LogP contribution < -0.4 is 5.73 Å². The number of hydrogen-bond donors (Lipinski definition) is 1. The van der Waals surface area contributed by atoms with Crippen LogP contribution in [0.15, 0.2) is 22.7 Å². The minimum absolute atomic E-state index is 0.156. The van der Waals surface area contributed by atoms with Crippen molar-refractivity contribution in [2.24, 2.45) is 17.6 Å². The summed E-state index contributed by atoms with van der Waals surface area (Å²) in [6.07, 6.45) is 3.16. The fourth-order valence-corrected chi connectivity index (χ4v) is 4.55. The fourth-order valence-electron chi connectivity index (χ4n) is 3.70. The molecule has 2 amide bonds. The van der Waals surface area contributed by atoms with Gasteiger partial charge < -0.3 is 10.6 Å². The van der Waals surface area contributed by atoms with Crippen LogP contribution in [0.25, 0.3) is 0 Å². The van der Waals surface area contributed by atoms with E-state index in [1.807, 2.05) is 0 Å². The van der Waals surface area contributed by atoms with Crippen molar-refractivity contribution in [1.29, 1.82) is 0 Å². The molecule has 1 saturated carbocycles. The Morgan fingerprint density at radius 3 is 2.76 bits per heavy atom. The number of fused-ring (bicyclic) bond motifs is 1. The molecule has 6 heteroatoms. The molecule has 3 unspecified atom stereocenters. The molecule has 1 aromatic rings. The Morgan fingerprint density at radius 2 is 2.10 bits per heavy atom. The van der Waals surface area contributed by atoms with Crippen LogP contribution in [0.5, 0.6) is 0 Å². The number of carbonyl (C=O) groups excluding carboxylic acids is 2. The zero-order valence-electron chi connectivity index (χ0n) is 11.4. The van der Waals surface area contributed by atoms with Crippen LogP contribution >= 0.6 is 27.5 Å². The van der Waals surface area contributed by atoms with Crippen LogP contribution in [0.1, 0.15) is 29.6 Å². The highest BCUT2D eigenvalue weighted by Gasteiger charge is 2.48. The van der Waals surface area contributed by atoms with Crippen LogP contribution in [0.2, 0.25) is 5.02 Å². The predicted molar refractivity (Wildman–Crippen MR) is 84.0 cm³/mol. The summed E-state index contributed by atoms with van der Waals surface area (Å²) in [5.41, 5.74) is 6.08. The Kier molecular flexibility index (Phi) is 3.97. The van der Waals surface area contributed by atoms with Crippen LogP contribution in [-0.2, 0) is 4.79 Å². The van der Waals surface area contributed by atoms with E-state index in [0.717, 1.165) is 19.3 Å². The first kappa shape index (κ1) is 14.9. The topological polar surface area (TPSA) is 63.4 Å². The number of nitrogens with two attached hydrogens (primary N) is 1. The molecule has 0 bridgehead atoms. The first-order valence-corrected chi connectivity index (χ1v) is 8.21. The highest BCUT2D eigenvalue weighted by atomic mass is 79.9. The number of likely N-dealkylation sites (tertiary alicyclic amines) is 1.